The monoisotopic (exact) mass is 545 g/mol. The summed E-state index contributed by atoms with van der Waals surface area (Å²) in [6, 6.07) is 2.63. The number of anilines is 2. The van der Waals surface area contributed by atoms with Crippen LogP contribution in [0.4, 0.5) is 24.9 Å². The fourth-order valence-electron chi connectivity index (χ4n) is 3.69. The van der Waals surface area contributed by atoms with Gasteiger partial charge in [0.25, 0.3) is 17.3 Å². The van der Waals surface area contributed by atoms with E-state index in [1.165, 1.54) is 0 Å². The average Bonchev–Trinajstić information content (AvgIpc) is 2.79. The van der Waals surface area contributed by atoms with Crippen LogP contribution >= 0.6 is 0 Å². The molecule has 0 radical (unpaired) electrons. The molecule has 0 aliphatic heterocycles. The summed E-state index contributed by atoms with van der Waals surface area (Å²) in [4.78, 5) is 52.3. The van der Waals surface area contributed by atoms with E-state index in [1.807, 2.05) is 0 Å². The third-order valence-electron chi connectivity index (χ3n) is 5.71. The number of carboxylic acid groups (broad SMARTS) is 2. The molecule has 0 aliphatic rings. The van der Waals surface area contributed by atoms with Gasteiger partial charge in [0.05, 0.1) is 5.56 Å². The van der Waals surface area contributed by atoms with Gasteiger partial charge in [-0.25, -0.2) is 4.79 Å². The lowest BCUT2D eigenvalue weighted by atomic mass is 9.84. The molecule has 2 atom stereocenters. The van der Waals surface area contributed by atoms with Crippen LogP contribution < -0.4 is 22.3 Å². The minimum absolute atomic E-state index is 0.0469. The van der Waals surface area contributed by atoms with Crippen LogP contribution in [0.5, 0.6) is 0 Å². The van der Waals surface area contributed by atoms with Gasteiger partial charge in [0.1, 0.15) is 11.9 Å². The maximum atomic E-state index is 13.5. The van der Waals surface area contributed by atoms with Gasteiger partial charge in [0, 0.05) is 17.9 Å². The van der Waals surface area contributed by atoms with Crippen molar-refractivity contribution in [2.24, 2.45) is 0 Å². The van der Waals surface area contributed by atoms with Gasteiger partial charge in [-0.05, 0) is 43.4 Å². The number of carboxylic acids is 2. The first-order chi connectivity index (χ1) is 17.5. The Balaban J connectivity index is 2.25. The van der Waals surface area contributed by atoms with Gasteiger partial charge in [-0.3, -0.25) is 19.4 Å². The van der Waals surface area contributed by atoms with Crippen molar-refractivity contribution in [3.05, 3.63) is 51.3 Å². The molecule has 16 heteroatoms. The number of nitrogens with two attached hydrogens (primary N) is 2. The lowest BCUT2D eigenvalue weighted by Crippen LogP contribution is -2.50. The molecule has 38 heavy (non-hydrogen) atoms. The molecule has 0 saturated carbocycles. The molecule has 1 heterocycles. The first kappa shape index (κ1) is 30.0. The number of rotatable bonds is 12. The average molecular weight is 545 g/mol. The number of amides is 1. The Morgan fingerprint density at radius 2 is 1.66 bits per heavy atom. The number of halogens is 3. The molecule has 1 amide bonds. The van der Waals surface area contributed by atoms with E-state index in [9.17, 15) is 42.6 Å². The molecule has 0 aliphatic carbocycles. The number of H-pyrrole nitrogens is 1. The Bertz CT molecular complexity index is 1230. The number of aliphatic carboxylic acids is 2. The number of aliphatic hydroxyl groups is 2. The number of nitrogens with one attached hydrogen (secondary N) is 2. The fraction of sp³-hybridized carbons (Fsp3) is 0.409. The topological polar surface area (TPSA) is 242 Å². The number of carbonyl (C=O) groups is 3. The molecule has 0 fully saturated rings. The van der Waals surface area contributed by atoms with Crippen molar-refractivity contribution >= 4 is 29.6 Å². The molecule has 13 nitrogen and oxygen atoms in total. The van der Waals surface area contributed by atoms with Crippen molar-refractivity contribution in [2.45, 2.75) is 56.0 Å². The van der Waals surface area contributed by atoms with Crippen LogP contribution in [0.25, 0.3) is 0 Å². The largest absolute Gasteiger partial charge is 0.481 e. The lowest BCUT2D eigenvalue weighted by Gasteiger charge is -2.33. The number of nitrogen functional groups attached to an aromatic ring is 2. The Kier molecular flexibility index (Phi) is 9.42. The van der Waals surface area contributed by atoms with Gasteiger partial charge in [-0.15, -0.1) is 0 Å². The second-order valence-electron chi connectivity index (χ2n) is 8.40. The smallest absolute Gasteiger partial charge is 0.443 e. The molecular formula is C22H26F3N5O8. The van der Waals surface area contributed by atoms with Crippen LogP contribution in [0.2, 0.25) is 0 Å². The molecule has 10 N–H and O–H groups in total. The van der Waals surface area contributed by atoms with Gasteiger partial charge in [-0.1, -0.05) is 12.1 Å². The minimum atomic E-state index is -5.47. The SMILES string of the molecule is Nc1nc(N)c(CCC[C@H](c2ccc(C(=O)N[C@@H](CCC(=O)O)C(=O)O)cc2)C(O)(O)C(F)(F)F)c(=O)[nH]1. The molecule has 0 unspecified atom stereocenters. The maximum absolute atomic E-state index is 13.5. The second-order valence-corrected chi connectivity index (χ2v) is 8.40. The third-order valence-corrected chi connectivity index (χ3v) is 5.71. The highest BCUT2D eigenvalue weighted by Crippen LogP contribution is 2.42. The summed E-state index contributed by atoms with van der Waals surface area (Å²) in [6.07, 6.45) is -7.21. The number of carbonyl (C=O) groups excluding carboxylic acids is 1. The first-order valence-electron chi connectivity index (χ1n) is 11.1. The summed E-state index contributed by atoms with van der Waals surface area (Å²) in [7, 11) is 0. The standard InChI is InChI=1S/C22H26F3N5O8/c23-22(24,25)21(37,38)13(3-1-2-12-16(26)29-20(27)30-18(12)34)10-4-6-11(7-5-10)17(33)28-14(19(35)36)8-9-15(31)32/h4-7,13-14,37-38H,1-3,8-9H2,(H,28,33)(H,31,32)(H,35,36)(H5,26,27,29,30,34)/t13-,14+/m1/s1. The van der Waals surface area contributed by atoms with Crippen molar-refractivity contribution in [3.8, 4) is 0 Å². The summed E-state index contributed by atoms with van der Waals surface area (Å²) >= 11 is 0. The van der Waals surface area contributed by atoms with E-state index in [4.69, 9.17) is 21.7 Å². The van der Waals surface area contributed by atoms with Crippen molar-refractivity contribution in [1.29, 1.82) is 0 Å². The summed E-state index contributed by atoms with van der Waals surface area (Å²) < 4.78 is 40.5. The Labute approximate surface area is 212 Å². The van der Waals surface area contributed by atoms with E-state index in [0.29, 0.717) is 0 Å². The molecule has 208 valence electrons. The van der Waals surface area contributed by atoms with E-state index in [2.05, 4.69) is 15.3 Å². The Morgan fingerprint density at radius 3 is 2.16 bits per heavy atom. The second kappa shape index (κ2) is 11.9. The van der Waals surface area contributed by atoms with E-state index >= 15 is 0 Å². The van der Waals surface area contributed by atoms with Crippen LogP contribution in [0.3, 0.4) is 0 Å². The fourth-order valence-corrected chi connectivity index (χ4v) is 3.69. The first-order valence-corrected chi connectivity index (χ1v) is 11.1. The van der Waals surface area contributed by atoms with Crippen LogP contribution in [0.1, 0.15) is 53.1 Å². The molecule has 2 rings (SSSR count). The number of hydrogen-bond acceptors (Lipinski definition) is 9. The molecule has 0 saturated heterocycles. The number of alkyl halides is 3. The summed E-state index contributed by atoms with van der Waals surface area (Å²) in [6.45, 7) is 0. The van der Waals surface area contributed by atoms with Crippen molar-refractivity contribution in [1.82, 2.24) is 15.3 Å². The maximum Gasteiger partial charge on any atom is 0.443 e. The van der Waals surface area contributed by atoms with Crippen LogP contribution in [-0.4, -0.2) is 66.2 Å². The molecular weight excluding hydrogens is 519 g/mol. The zero-order valence-electron chi connectivity index (χ0n) is 19.7. The quantitative estimate of drug-likeness (QED) is 0.169. The van der Waals surface area contributed by atoms with Gasteiger partial charge < -0.3 is 37.2 Å². The van der Waals surface area contributed by atoms with Gasteiger partial charge in [0.2, 0.25) is 5.95 Å². The molecule has 0 spiro atoms. The molecule has 0 bridgehead atoms. The predicted molar refractivity (Wildman–Crippen MR) is 125 cm³/mol. The van der Waals surface area contributed by atoms with E-state index in [0.717, 1.165) is 24.3 Å². The molecule has 1 aromatic carbocycles. The van der Waals surface area contributed by atoms with Gasteiger partial charge in [-0.2, -0.15) is 18.2 Å². The van der Waals surface area contributed by atoms with Crippen LogP contribution in [-0.2, 0) is 16.0 Å². The number of aromatic amines is 1. The number of nitrogens with zero attached hydrogens (tertiary/aromatic N) is 1. The minimum Gasteiger partial charge on any atom is -0.481 e. The van der Waals surface area contributed by atoms with Gasteiger partial charge >= 0.3 is 18.1 Å². The normalized spacial score (nSPS) is 13.5. The van der Waals surface area contributed by atoms with Crippen LogP contribution in [0.15, 0.2) is 29.1 Å². The van der Waals surface area contributed by atoms with E-state index < -0.39 is 66.6 Å². The van der Waals surface area contributed by atoms with E-state index in [1.54, 1.807) is 0 Å². The number of hydrogen-bond donors (Lipinski definition) is 8. The summed E-state index contributed by atoms with van der Waals surface area (Å²) in [5, 5.41) is 40.0. The number of aromatic nitrogens is 2. The molecule has 1 aromatic heterocycles. The summed E-state index contributed by atoms with van der Waals surface area (Å²) in [5.74, 6) is -10.3. The van der Waals surface area contributed by atoms with Crippen molar-refractivity contribution < 1.29 is 48.0 Å². The predicted octanol–water partition coefficient (Wildman–Crippen LogP) is 0.332. The van der Waals surface area contributed by atoms with E-state index in [-0.39, 0.29) is 41.3 Å². The summed E-state index contributed by atoms with van der Waals surface area (Å²) in [5.41, 5.74) is 9.88. The third kappa shape index (κ3) is 7.42. The highest BCUT2D eigenvalue weighted by molar-refractivity contribution is 5.96. The van der Waals surface area contributed by atoms with Crippen LogP contribution in [0, 0.1) is 0 Å². The van der Waals surface area contributed by atoms with Crippen molar-refractivity contribution in [3.63, 3.8) is 0 Å². The Hall–Kier alpha value is -4.18. The number of benzene rings is 1. The highest BCUT2D eigenvalue weighted by atomic mass is 19.4. The van der Waals surface area contributed by atoms with Gasteiger partial charge in [0.15, 0.2) is 0 Å². The highest BCUT2D eigenvalue weighted by Gasteiger charge is 2.58. The molecule has 2 aromatic rings. The zero-order chi connectivity index (χ0) is 28.8. The van der Waals surface area contributed by atoms with Crippen molar-refractivity contribution in [2.75, 3.05) is 11.5 Å². The zero-order valence-corrected chi connectivity index (χ0v) is 19.7. The lowest BCUT2D eigenvalue weighted by molar-refractivity contribution is -0.358. The Morgan fingerprint density at radius 1 is 1.05 bits per heavy atom.